The van der Waals surface area contributed by atoms with Crippen molar-refractivity contribution in [1.29, 1.82) is 5.26 Å². The Hall–Kier alpha value is -3.33. The van der Waals surface area contributed by atoms with E-state index in [1.165, 1.54) is 6.92 Å². The molecule has 0 radical (unpaired) electrons. The molecule has 0 saturated carbocycles. The number of nitrogens with zero attached hydrogens (tertiary/aromatic N) is 6. The lowest BCUT2D eigenvalue weighted by atomic mass is 10.2. The molecule has 0 aliphatic carbocycles. The van der Waals surface area contributed by atoms with Crippen LogP contribution in [0.25, 0.3) is 11.0 Å². The van der Waals surface area contributed by atoms with E-state index in [9.17, 15) is 14.4 Å². The SMILES string of the molecule is CC(=O)OCC1CCC(n2nnc3c(C#N)nn(CC(N)=O)c3c2=O)O1. The fraction of sp³-hybridized carbons (Fsp3) is 0.500. The summed E-state index contributed by atoms with van der Waals surface area (Å²) >= 11 is 0. The molecule has 2 aromatic heterocycles. The molecular formula is C14H15N7O5. The van der Waals surface area contributed by atoms with E-state index < -0.39 is 23.7 Å². The van der Waals surface area contributed by atoms with Gasteiger partial charge in [0.2, 0.25) is 5.91 Å². The average molecular weight is 361 g/mol. The van der Waals surface area contributed by atoms with Crippen LogP contribution in [-0.4, -0.2) is 49.4 Å². The van der Waals surface area contributed by atoms with Crippen molar-refractivity contribution in [1.82, 2.24) is 24.8 Å². The van der Waals surface area contributed by atoms with Gasteiger partial charge in [-0.25, -0.2) is 4.68 Å². The molecule has 2 N–H and O–H groups in total. The number of carbonyl (C=O) groups excluding carboxylic acids is 2. The summed E-state index contributed by atoms with van der Waals surface area (Å²) in [6.07, 6.45) is -0.0456. The minimum atomic E-state index is -0.722. The predicted octanol–water partition coefficient (Wildman–Crippen LogP) is -1.41. The molecule has 1 saturated heterocycles. The van der Waals surface area contributed by atoms with Gasteiger partial charge in [0.25, 0.3) is 5.56 Å². The van der Waals surface area contributed by atoms with Crippen molar-refractivity contribution < 1.29 is 19.1 Å². The molecule has 2 aromatic rings. The van der Waals surface area contributed by atoms with E-state index in [1.54, 1.807) is 6.07 Å². The topological polar surface area (TPSA) is 168 Å². The van der Waals surface area contributed by atoms with E-state index in [-0.39, 0.29) is 36.0 Å². The summed E-state index contributed by atoms with van der Waals surface area (Å²) in [6.45, 7) is 0.997. The Labute approximate surface area is 146 Å². The third-order valence-corrected chi connectivity index (χ3v) is 3.82. The fourth-order valence-electron chi connectivity index (χ4n) is 2.73. The number of ether oxygens (including phenoxy) is 2. The summed E-state index contributed by atoms with van der Waals surface area (Å²) in [5, 5.41) is 20.7. The van der Waals surface area contributed by atoms with E-state index in [0.29, 0.717) is 12.8 Å². The van der Waals surface area contributed by atoms with Gasteiger partial charge in [-0.3, -0.25) is 14.4 Å². The normalized spacial score (nSPS) is 19.4. The molecular weight excluding hydrogens is 346 g/mol. The maximum absolute atomic E-state index is 12.8. The summed E-state index contributed by atoms with van der Waals surface area (Å²) in [5.74, 6) is -1.14. The maximum atomic E-state index is 12.8. The molecule has 2 atom stereocenters. The van der Waals surface area contributed by atoms with Gasteiger partial charge >= 0.3 is 5.97 Å². The van der Waals surface area contributed by atoms with Crippen LogP contribution in [0, 0.1) is 11.3 Å². The highest BCUT2D eigenvalue weighted by Gasteiger charge is 2.30. The highest BCUT2D eigenvalue weighted by Crippen LogP contribution is 2.27. The minimum absolute atomic E-state index is 0.00976. The predicted molar refractivity (Wildman–Crippen MR) is 83.3 cm³/mol. The summed E-state index contributed by atoms with van der Waals surface area (Å²) in [7, 11) is 0. The van der Waals surface area contributed by atoms with Crippen molar-refractivity contribution >= 4 is 22.9 Å². The molecule has 0 bridgehead atoms. The van der Waals surface area contributed by atoms with Crippen LogP contribution in [0.4, 0.5) is 0 Å². The van der Waals surface area contributed by atoms with Gasteiger partial charge in [-0.1, -0.05) is 5.21 Å². The summed E-state index contributed by atoms with van der Waals surface area (Å²) in [4.78, 5) is 34.9. The number of carbonyl (C=O) groups is 2. The van der Waals surface area contributed by atoms with Crippen LogP contribution in [0.3, 0.4) is 0 Å². The Morgan fingerprint density at radius 3 is 2.88 bits per heavy atom. The number of hydrogen-bond acceptors (Lipinski definition) is 9. The number of rotatable bonds is 5. The number of esters is 1. The van der Waals surface area contributed by atoms with Crippen molar-refractivity contribution in [3.8, 4) is 6.07 Å². The fourth-order valence-corrected chi connectivity index (χ4v) is 2.73. The average Bonchev–Trinajstić information content (AvgIpc) is 3.18. The Morgan fingerprint density at radius 1 is 1.46 bits per heavy atom. The van der Waals surface area contributed by atoms with Gasteiger partial charge in [-0.15, -0.1) is 5.10 Å². The number of nitriles is 1. The molecule has 1 fully saturated rings. The first kappa shape index (κ1) is 17.5. The summed E-state index contributed by atoms with van der Waals surface area (Å²) in [6, 6.07) is 1.80. The Kier molecular flexibility index (Phi) is 4.63. The smallest absolute Gasteiger partial charge is 0.302 e. The molecule has 0 aromatic carbocycles. The maximum Gasteiger partial charge on any atom is 0.302 e. The van der Waals surface area contributed by atoms with E-state index in [1.807, 2.05) is 0 Å². The lowest BCUT2D eigenvalue weighted by Crippen LogP contribution is -2.31. The van der Waals surface area contributed by atoms with E-state index in [2.05, 4.69) is 15.4 Å². The van der Waals surface area contributed by atoms with Crippen molar-refractivity contribution in [2.45, 2.75) is 38.6 Å². The third-order valence-electron chi connectivity index (χ3n) is 3.82. The second kappa shape index (κ2) is 6.89. The highest BCUT2D eigenvalue weighted by molar-refractivity contribution is 5.81. The Bertz CT molecular complexity index is 972. The van der Waals surface area contributed by atoms with Crippen LogP contribution >= 0.6 is 0 Å². The van der Waals surface area contributed by atoms with Crippen molar-refractivity contribution in [2.24, 2.45) is 5.73 Å². The second-order valence-corrected chi connectivity index (χ2v) is 5.71. The van der Waals surface area contributed by atoms with E-state index >= 15 is 0 Å². The molecule has 1 aliphatic heterocycles. The molecule has 26 heavy (non-hydrogen) atoms. The van der Waals surface area contributed by atoms with Gasteiger partial charge in [0.05, 0.1) is 6.10 Å². The molecule has 0 spiro atoms. The zero-order valence-corrected chi connectivity index (χ0v) is 13.8. The lowest BCUT2D eigenvalue weighted by molar-refractivity contribution is -0.146. The van der Waals surface area contributed by atoms with Gasteiger partial charge in [0.15, 0.2) is 23.0 Å². The van der Waals surface area contributed by atoms with Gasteiger partial charge in [-0.05, 0) is 12.8 Å². The van der Waals surface area contributed by atoms with Crippen LogP contribution in [-0.2, 0) is 25.6 Å². The first-order valence-electron chi connectivity index (χ1n) is 7.74. The van der Waals surface area contributed by atoms with Gasteiger partial charge in [0, 0.05) is 6.92 Å². The molecule has 1 aliphatic rings. The molecule has 3 rings (SSSR count). The number of hydrogen-bond donors (Lipinski definition) is 1. The van der Waals surface area contributed by atoms with Gasteiger partial charge in [0.1, 0.15) is 19.2 Å². The monoisotopic (exact) mass is 361 g/mol. The van der Waals surface area contributed by atoms with Gasteiger partial charge < -0.3 is 15.2 Å². The first-order valence-corrected chi connectivity index (χ1v) is 7.74. The standard InChI is InChI=1S/C14H15N7O5/c1-7(22)25-6-8-2-3-11(26-8)21-14(24)13-12(17-19-21)9(4-15)18-20(13)5-10(16)23/h8,11H,2-3,5-6H2,1H3,(H2,16,23). The van der Waals surface area contributed by atoms with Crippen molar-refractivity contribution in [3.05, 3.63) is 16.0 Å². The van der Waals surface area contributed by atoms with Crippen LogP contribution in [0.15, 0.2) is 4.79 Å². The van der Waals surface area contributed by atoms with Crippen LogP contribution in [0.1, 0.15) is 31.7 Å². The number of fused-ring (bicyclic) bond motifs is 1. The second-order valence-electron chi connectivity index (χ2n) is 5.71. The lowest BCUT2D eigenvalue weighted by Gasteiger charge is -2.14. The van der Waals surface area contributed by atoms with Crippen LogP contribution in [0.2, 0.25) is 0 Å². The summed E-state index contributed by atoms with van der Waals surface area (Å²) in [5.41, 5.74) is 4.36. The van der Waals surface area contributed by atoms with Crippen molar-refractivity contribution in [2.75, 3.05) is 6.61 Å². The van der Waals surface area contributed by atoms with Crippen LogP contribution in [0.5, 0.6) is 0 Å². The Balaban J connectivity index is 1.95. The molecule has 12 heteroatoms. The highest BCUT2D eigenvalue weighted by atomic mass is 16.6. The zero-order valence-electron chi connectivity index (χ0n) is 13.8. The molecule has 12 nitrogen and oxygen atoms in total. The largest absolute Gasteiger partial charge is 0.463 e. The number of nitrogens with two attached hydrogens (primary N) is 1. The number of primary amides is 1. The van der Waals surface area contributed by atoms with Gasteiger partial charge in [-0.2, -0.15) is 15.0 Å². The number of amides is 1. The molecule has 136 valence electrons. The minimum Gasteiger partial charge on any atom is -0.463 e. The number of aromatic nitrogens is 5. The van der Waals surface area contributed by atoms with Crippen LogP contribution < -0.4 is 11.3 Å². The zero-order chi connectivity index (χ0) is 18.8. The summed E-state index contributed by atoms with van der Waals surface area (Å²) < 4.78 is 12.6. The quantitative estimate of drug-likeness (QED) is 0.628. The van der Waals surface area contributed by atoms with E-state index in [0.717, 1.165) is 9.36 Å². The van der Waals surface area contributed by atoms with Crippen molar-refractivity contribution in [3.63, 3.8) is 0 Å². The molecule has 2 unspecified atom stereocenters. The molecule has 1 amide bonds. The Morgan fingerprint density at radius 2 is 2.23 bits per heavy atom. The molecule has 3 heterocycles. The third kappa shape index (κ3) is 3.24. The first-order chi connectivity index (χ1) is 12.4. The van der Waals surface area contributed by atoms with E-state index in [4.69, 9.17) is 20.5 Å².